The van der Waals surface area contributed by atoms with Crippen LogP contribution < -0.4 is 15.5 Å². The number of aldehydes is 1. The van der Waals surface area contributed by atoms with E-state index >= 15 is 4.39 Å². The average molecular weight is 434 g/mol. The summed E-state index contributed by atoms with van der Waals surface area (Å²) in [4.78, 5) is 51.4. The Morgan fingerprint density at radius 1 is 1.19 bits per heavy atom. The molecule has 1 aromatic carbocycles. The van der Waals surface area contributed by atoms with E-state index in [0.29, 0.717) is 24.3 Å². The Bertz CT molecular complexity index is 959. The molecule has 166 valence electrons. The van der Waals surface area contributed by atoms with Gasteiger partial charge in [0.05, 0.1) is 6.04 Å². The average Bonchev–Trinajstić information content (AvgIpc) is 3.11. The summed E-state index contributed by atoms with van der Waals surface area (Å²) in [5.74, 6) is -4.30. The second kappa shape index (κ2) is 8.08. The van der Waals surface area contributed by atoms with Crippen molar-refractivity contribution >= 4 is 29.6 Å². The number of carbonyl (C=O) groups is 4. The van der Waals surface area contributed by atoms with Gasteiger partial charge in [-0.25, -0.2) is 8.78 Å². The Hall–Kier alpha value is -2.72. The molecule has 8 nitrogen and oxygen atoms in total. The van der Waals surface area contributed by atoms with E-state index in [2.05, 4.69) is 10.6 Å². The number of benzene rings is 1. The van der Waals surface area contributed by atoms with Gasteiger partial charge >= 0.3 is 0 Å². The molecule has 3 aliphatic heterocycles. The van der Waals surface area contributed by atoms with Crippen LogP contribution in [0.1, 0.15) is 43.9 Å². The number of piperidine rings is 1. The number of nitrogens with one attached hydrogen (secondary N) is 2. The predicted octanol–water partition coefficient (Wildman–Crippen LogP) is 0.581. The van der Waals surface area contributed by atoms with Crippen molar-refractivity contribution in [2.75, 3.05) is 18.0 Å². The zero-order valence-electron chi connectivity index (χ0n) is 17.3. The van der Waals surface area contributed by atoms with Crippen LogP contribution in [0.15, 0.2) is 6.07 Å². The summed E-state index contributed by atoms with van der Waals surface area (Å²) in [5.41, 5.74) is 0.646. The lowest BCUT2D eigenvalue weighted by molar-refractivity contribution is -0.141. The van der Waals surface area contributed by atoms with Gasteiger partial charge in [-0.05, 0) is 25.8 Å². The summed E-state index contributed by atoms with van der Waals surface area (Å²) in [5, 5.41) is 5.50. The van der Waals surface area contributed by atoms with E-state index in [1.54, 1.807) is 0 Å². The fourth-order valence-corrected chi connectivity index (χ4v) is 5.06. The number of nitrogens with zero attached hydrogens (tertiary/aromatic N) is 2. The van der Waals surface area contributed by atoms with Crippen molar-refractivity contribution in [3.05, 3.63) is 28.8 Å². The van der Waals surface area contributed by atoms with Crippen molar-refractivity contribution in [3.63, 3.8) is 0 Å². The quantitative estimate of drug-likeness (QED) is 0.406. The highest BCUT2D eigenvalue weighted by Crippen LogP contribution is 2.44. The van der Waals surface area contributed by atoms with Crippen LogP contribution in [0, 0.1) is 11.6 Å². The van der Waals surface area contributed by atoms with Gasteiger partial charge in [-0.1, -0.05) is 0 Å². The first-order chi connectivity index (χ1) is 14.7. The normalized spacial score (nSPS) is 29.0. The number of hydrogen-bond donors (Lipinski definition) is 2. The van der Waals surface area contributed by atoms with E-state index in [4.69, 9.17) is 0 Å². The molecule has 0 saturated carbocycles. The third-order valence-corrected chi connectivity index (χ3v) is 6.39. The van der Waals surface area contributed by atoms with Crippen molar-refractivity contribution in [2.24, 2.45) is 0 Å². The van der Waals surface area contributed by atoms with Crippen LogP contribution in [0.4, 0.5) is 14.5 Å². The van der Waals surface area contributed by atoms with Crippen LogP contribution in [-0.4, -0.2) is 60.0 Å². The summed E-state index contributed by atoms with van der Waals surface area (Å²) in [6.07, 6.45) is 0.251. The predicted molar refractivity (Wildman–Crippen MR) is 106 cm³/mol. The van der Waals surface area contributed by atoms with Crippen LogP contribution in [0.25, 0.3) is 0 Å². The molecule has 0 spiro atoms. The highest BCUT2D eigenvalue weighted by molar-refractivity contribution is 6.27. The number of imide groups is 1. The second-order valence-corrected chi connectivity index (χ2v) is 8.41. The minimum absolute atomic E-state index is 0.0121. The van der Waals surface area contributed by atoms with E-state index in [-0.39, 0.29) is 43.3 Å². The number of piperazine rings is 1. The fourth-order valence-electron chi connectivity index (χ4n) is 5.06. The highest BCUT2D eigenvalue weighted by Gasteiger charge is 2.47. The summed E-state index contributed by atoms with van der Waals surface area (Å²) in [6.45, 7) is 5.19. The summed E-state index contributed by atoms with van der Waals surface area (Å²) < 4.78 is 29.8. The van der Waals surface area contributed by atoms with Crippen molar-refractivity contribution < 1.29 is 28.0 Å². The number of amides is 2. The van der Waals surface area contributed by atoms with Gasteiger partial charge in [0.25, 0.3) is 0 Å². The summed E-state index contributed by atoms with van der Waals surface area (Å²) in [6, 6.07) is -1.25. The number of fused-ring (bicyclic) bond motifs is 1. The number of anilines is 1. The molecule has 2 saturated heterocycles. The first-order valence-electron chi connectivity index (χ1n) is 10.3. The number of carbonyl (C=O) groups excluding carboxylic acids is 4. The first-order valence-corrected chi connectivity index (χ1v) is 10.3. The van der Waals surface area contributed by atoms with E-state index < -0.39 is 41.3 Å². The van der Waals surface area contributed by atoms with Gasteiger partial charge in [0.2, 0.25) is 17.6 Å². The molecule has 0 aromatic heterocycles. The molecular weight excluding hydrogens is 410 g/mol. The Labute approximate surface area is 177 Å². The molecule has 0 bridgehead atoms. The molecule has 0 radical (unpaired) electrons. The van der Waals surface area contributed by atoms with Crippen molar-refractivity contribution in [1.82, 2.24) is 15.5 Å². The van der Waals surface area contributed by atoms with Gasteiger partial charge in [-0.3, -0.25) is 29.4 Å². The van der Waals surface area contributed by atoms with Crippen LogP contribution in [0.3, 0.4) is 0 Å². The summed E-state index contributed by atoms with van der Waals surface area (Å²) >= 11 is 0. The van der Waals surface area contributed by atoms with Crippen molar-refractivity contribution in [1.29, 1.82) is 0 Å². The van der Waals surface area contributed by atoms with Gasteiger partial charge in [0.1, 0.15) is 6.04 Å². The Kier molecular flexibility index (Phi) is 5.61. The minimum Gasteiger partial charge on any atom is -0.363 e. The molecule has 10 heteroatoms. The molecule has 3 heterocycles. The second-order valence-electron chi connectivity index (χ2n) is 8.41. The molecule has 4 atom stereocenters. The standard InChI is InChI=1S/C21H24F2N4O4/c1-10-6-24-7-11(2)27(10)15-5-13(22)19(23)18-12(15)8-26(20(18)16(29)9-28)14-3-4-17(30)25-21(14)31/h5,9-11,14,20,24H,3-4,6-8H2,1-2H3,(H,25,30,31). The molecule has 2 fully saturated rings. The molecule has 4 rings (SSSR count). The maximum atomic E-state index is 15.0. The third kappa shape index (κ3) is 3.53. The van der Waals surface area contributed by atoms with E-state index in [1.807, 2.05) is 18.7 Å². The van der Waals surface area contributed by atoms with E-state index in [1.165, 1.54) is 4.90 Å². The number of rotatable bonds is 4. The molecule has 4 unspecified atom stereocenters. The molecule has 31 heavy (non-hydrogen) atoms. The van der Waals surface area contributed by atoms with Crippen LogP contribution in [0.5, 0.6) is 0 Å². The van der Waals surface area contributed by atoms with Crippen LogP contribution in [-0.2, 0) is 25.7 Å². The molecule has 2 amide bonds. The topological polar surface area (TPSA) is 98.8 Å². The maximum absolute atomic E-state index is 15.0. The largest absolute Gasteiger partial charge is 0.363 e. The van der Waals surface area contributed by atoms with E-state index in [0.717, 1.165) is 6.07 Å². The first kappa shape index (κ1) is 21.5. The highest BCUT2D eigenvalue weighted by atomic mass is 19.2. The zero-order chi connectivity index (χ0) is 22.4. The van der Waals surface area contributed by atoms with Gasteiger partial charge < -0.3 is 10.2 Å². The molecule has 3 aliphatic rings. The lowest BCUT2D eigenvalue weighted by atomic mass is 9.96. The Morgan fingerprint density at radius 2 is 1.87 bits per heavy atom. The van der Waals surface area contributed by atoms with Crippen molar-refractivity contribution in [2.45, 2.75) is 57.4 Å². The summed E-state index contributed by atoms with van der Waals surface area (Å²) in [7, 11) is 0. The molecule has 0 aliphatic carbocycles. The monoisotopic (exact) mass is 434 g/mol. The zero-order valence-corrected chi connectivity index (χ0v) is 17.3. The Balaban J connectivity index is 1.85. The third-order valence-electron chi connectivity index (χ3n) is 6.39. The Morgan fingerprint density at radius 3 is 2.48 bits per heavy atom. The number of halogens is 2. The van der Waals surface area contributed by atoms with Gasteiger partial charge in [-0.2, -0.15) is 0 Å². The van der Waals surface area contributed by atoms with E-state index in [9.17, 15) is 23.6 Å². The lowest BCUT2D eigenvalue weighted by Gasteiger charge is -2.42. The van der Waals surface area contributed by atoms with Gasteiger partial charge in [0.15, 0.2) is 17.9 Å². The van der Waals surface area contributed by atoms with Gasteiger partial charge in [0, 0.05) is 55.5 Å². The minimum atomic E-state index is -1.42. The van der Waals surface area contributed by atoms with Crippen LogP contribution in [0.2, 0.25) is 0 Å². The van der Waals surface area contributed by atoms with Crippen molar-refractivity contribution in [3.8, 4) is 0 Å². The molecule has 1 aromatic rings. The fraction of sp³-hybridized carbons (Fsp3) is 0.524. The van der Waals surface area contributed by atoms with Crippen LogP contribution >= 0.6 is 0 Å². The smallest absolute Gasteiger partial charge is 0.243 e. The number of hydrogen-bond acceptors (Lipinski definition) is 7. The SMILES string of the molecule is CC1CNCC(C)N1c1cc(F)c(F)c2c1CN(C1CCC(=O)NC1=O)C2C(=O)C=O. The lowest BCUT2D eigenvalue weighted by Crippen LogP contribution is -2.55. The molecule has 2 N–H and O–H groups in total. The maximum Gasteiger partial charge on any atom is 0.243 e. The van der Waals surface area contributed by atoms with Gasteiger partial charge in [-0.15, -0.1) is 0 Å². The molecular formula is C21H24F2N4O4. The number of ketones is 1. The number of Topliss-reactive ketones (excluding diaryl/α,β-unsaturated/α-hetero) is 1.